The molecule has 0 spiro atoms. The van der Waals surface area contributed by atoms with Crippen molar-refractivity contribution < 1.29 is 17.9 Å². The maximum absolute atomic E-state index is 12.6. The second kappa shape index (κ2) is 6.57. The zero-order valence-electron chi connectivity index (χ0n) is 13.7. The predicted octanol–water partition coefficient (Wildman–Crippen LogP) is 2.81. The first kappa shape index (κ1) is 17.6. The van der Waals surface area contributed by atoms with Gasteiger partial charge in [0.25, 0.3) is 5.91 Å². The third kappa shape index (κ3) is 3.57. The molecule has 0 saturated heterocycles. The molecule has 0 unspecified atom stereocenters. The number of carbonyl (C=O) groups is 1. The fraction of sp³-hybridized carbons (Fsp3) is 0.235. The number of hydrogen-bond acceptors (Lipinski definition) is 4. The Hall–Kier alpha value is -2.25. The van der Waals surface area contributed by atoms with E-state index in [-0.39, 0.29) is 6.54 Å². The lowest BCUT2D eigenvalue weighted by molar-refractivity contribution is -0.122. The Morgan fingerprint density at radius 1 is 1.24 bits per heavy atom. The number of fused-ring (bicyclic) bond motifs is 1. The minimum Gasteiger partial charge on any atom is -0.476 e. The second-order valence-electron chi connectivity index (χ2n) is 5.77. The van der Waals surface area contributed by atoms with Gasteiger partial charge in [-0.15, -0.1) is 0 Å². The van der Waals surface area contributed by atoms with Crippen molar-refractivity contribution in [1.82, 2.24) is 0 Å². The summed E-state index contributed by atoms with van der Waals surface area (Å²) < 4.78 is 31.1. The zero-order chi connectivity index (χ0) is 18.2. The van der Waals surface area contributed by atoms with E-state index in [4.69, 9.17) is 16.3 Å². The average molecular weight is 381 g/mol. The van der Waals surface area contributed by atoms with Crippen molar-refractivity contribution in [3.63, 3.8) is 0 Å². The summed E-state index contributed by atoms with van der Waals surface area (Å²) in [5.74, 6) is -0.0874. The summed E-state index contributed by atoms with van der Waals surface area (Å²) in [4.78, 5) is 12.6. The summed E-state index contributed by atoms with van der Waals surface area (Å²) in [6, 6.07) is 11.9. The summed E-state index contributed by atoms with van der Waals surface area (Å²) in [5.41, 5.74) is 1.72. The van der Waals surface area contributed by atoms with Gasteiger partial charge in [0, 0.05) is 10.7 Å². The number of para-hydroxylation sites is 2. The van der Waals surface area contributed by atoms with Gasteiger partial charge in [0.2, 0.25) is 10.0 Å². The minimum atomic E-state index is -3.54. The Labute approximate surface area is 151 Å². The van der Waals surface area contributed by atoms with Gasteiger partial charge >= 0.3 is 0 Å². The van der Waals surface area contributed by atoms with Gasteiger partial charge in [0.15, 0.2) is 6.10 Å². The molecule has 6 nitrogen and oxygen atoms in total. The molecular formula is C17H17ClN2O4S. The van der Waals surface area contributed by atoms with Crippen LogP contribution in [0.15, 0.2) is 42.5 Å². The standard InChI is InChI=1S/C17H17ClN2O4S/c1-11-12(18)6-5-7-13(11)19-17(21)16-10-20(25(2,22)23)14-8-3-4-9-15(14)24-16/h3-9,16H,10H2,1-2H3,(H,19,21)/t16-/m0/s1. The molecule has 2 aromatic rings. The van der Waals surface area contributed by atoms with Crippen LogP contribution in [0.25, 0.3) is 0 Å². The molecule has 1 N–H and O–H groups in total. The predicted molar refractivity (Wildman–Crippen MR) is 97.9 cm³/mol. The Kier molecular flexibility index (Phi) is 4.62. The summed E-state index contributed by atoms with van der Waals surface area (Å²) in [6.45, 7) is 1.69. The first-order chi connectivity index (χ1) is 11.8. The molecule has 0 aliphatic carbocycles. The molecule has 0 aromatic heterocycles. The summed E-state index contributed by atoms with van der Waals surface area (Å²) in [5, 5.41) is 3.29. The number of amides is 1. The van der Waals surface area contributed by atoms with Gasteiger partial charge in [-0.2, -0.15) is 0 Å². The molecule has 1 aliphatic rings. The van der Waals surface area contributed by atoms with Crippen LogP contribution in [0, 0.1) is 6.92 Å². The van der Waals surface area contributed by atoms with E-state index < -0.39 is 22.0 Å². The molecule has 3 rings (SSSR count). The van der Waals surface area contributed by atoms with Gasteiger partial charge in [-0.1, -0.05) is 29.8 Å². The SMILES string of the molecule is Cc1c(Cl)cccc1NC(=O)[C@@H]1CN(S(C)(=O)=O)c2ccccc2O1. The van der Waals surface area contributed by atoms with Crippen LogP contribution in [0.5, 0.6) is 5.75 Å². The number of anilines is 2. The molecule has 132 valence electrons. The van der Waals surface area contributed by atoms with E-state index in [1.165, 1.54) is 4.31 Å². The highest BCUT2D eigenvalue weighted by atomic mass is 35.5. The third-order valence-corrected chi connectivity index (χ3v) is 5.51. The molecule has 0 radical (unpaired) electrons. The lowest BCUT2D eigenvalue weighted by Crippen LogP contribution is -2.48. The Balaban J connectivity index is 1.88. The molecular weight excluding hydrogens is 364 g/mol. The number of rotatable bonds is 3. The molecule has 8 heteroatoms. The van der Waals surface area contributed by atoms with Gasteiger partial charge in [-0.25, -0.2) is 8.42 Å². The van der Waals surface area contributed by atoms with E-state index in [9.17, 15) is 13.2 Å². The van der Waals surface area contributed by atoms with Crippen molar-refractivity contribution in [1.29, 1.82) is 0 Å². The normalized spacial score (nSPS) is 16.8. The van der Waals surface area contributed by atoms with Crippen LogP contribution in [0.1, 0.15) is 5.56 Å². The van der Waals surface area contributed by atoms with Gasteiger partial charge in [0.05, 0.1) is 18.5 Å². The maximum Gasteiger partial charge on any atom is 0.267 e. The minimum absolute atomic E-state index is 0.0959. The van der Waals surface area contributed by atoms with Gasteiger partial charge < -0.3 is 10.1 Å². The fourth-order valence-electron chi connectivity index (χ4n) is 2.61. The monoisotopic (exact) mass is 380 g/mol. The van der Waals surface area contributed by atoms with Crippen LogP contribution < -0.4 is 14.4 Å². The number of sulfonamides is 1. The number of nitrogens with zero attached hydrogens (tertiary/aromatic N) is 1. The van der Waals surface area contributed by atoms with Crippen LogP contribution in [0.4, 0.5) is 11.4 Å². The highest BCUT2D eigenvalue weighted by Crippen LogP contribution is 2.35. The van der Waals surface area contributed by atoms with Crippen molar-refractivity contribution in [2.24, 2.45) is 0 Å². The van der Waals surface area contributed by atoms with Crippen molar-refractivity contribution in [3.8, 4) is 5.75 Å². The number of hydrogen-bond donors (Lipinski definition) is 1. The molecule has 25 heavy (non-hydrogen) atoms. The fourth-order valence-corrected chi connectivity index (χ4v) is 3.70. The lowest BCUT2D eigenvalue weighted by Gasteiger charge is -2.33. The maximum atomic E-state index is 12.6. The lowest BCUT2D eigenvalue weighted by atomic mass is 10.1. The number of ether oxygens (including phenoxy) is 1. The Morgan fingerprint density at radius 2 is 1.96 bits per heavy atom. The molecule has 1 heterocycles. The smallest absolute Gasteiger partial charge is 0.267 e. The van der Waals surface area contributed by atoms with Gasteiger partial charge in [-0.05, 0) is 36.8 Å². The highest BCUT2D eigenvalue weighted by Gasteiger charge is 2.35. The van der Waals surface area contributed by atoms with E-state index in [1.54, 1.807) is 49.4 Å². The first-order valence-electron chi connectivity index (χ1n) is 7.57. The molecule has 2 aromatic carbocycles. The first-order valence-corrected chi connectivity index (χ1v) is 9.79. The van der Waals surface area contributed by atoms with E-state index in [1.807, 2.05) is 0 Å². The van der Waals surface area contributed by atoms with Crippen molar-refractivity contribution in [2.45, 2.75) is 13.0 Å². The second-order valence-corrected chi connectivity index (χ2v) is 8.08. The van der Waals surface area contributed by atoms with Crippen LogP contribution in [0.3, 0.4) is 0 Å². The molecule has 1 amide bonds. The Bertz CT molecular complexity index is 930. The zero-order valence-corrected chi connectivity index (χ0v) is 15.3. The van der Waals surface area contributed by atoms with E-state index in [2.05, 4.69) is 5.32 Å². The summed E-state index contributed by atoms with van der Waals surface area (Å²) >= 11 is 6.06. The Morgan fingerprint density at radius 3 is 2.68 bits per heavy atom. The average Bonchev–Trinajstić information content (AvgIpc) is 2.57. The number of halogens is 1. The third-order valence-electron chi connectivity index (χ3n) is 3.95. The van der Waals surface area contributed by atoms with Gasteiger partial charge in [-0.3, -0.25) is 9.10 Å². The molecule has 1 aliphatic heterocycles. The van der Waals surface area contributed by atoms with Gasteiger partial charge in [0.1, 0.15) is 5.75 Å². The van der Waals surface area contributed by atoms with E-state index >= 15 is 0 Å². The van der Waals surface area contributed by atoms with Crippen LogP contribution >= 0.6 is 11.6 Å². The largest absolute Gasteiger partial charge is 0.476 e. The van der Waals surface area contributed by atoms with Crippen LogP contribution in [-0.4, -0.2) is 33.2 Å². The molecule has 0 bridgehead atoms. The van der Waals surface area contributed by atoms with Crippen molar-refractivity contribution >= 4 is 38.9 Å². The number of carbonyl (C=O) groups excluding carboxylic acids is 1. The molecule has 1 atom stereocenters. The van der Waals surface area contributed by atoms with Crippen molar-refractivity contribution in [3.05, 3.63) is 53.1 Å². The molecule has 0 fully saturated rings. The topological polar surface area (TPSA) is 75.7 Å². The molecule has 0 saturated carbocycles. The number of nitrogens with one attached hydrogen (secondary N) is 1. The van der Waals surface area contributed by atoms with E-state index in [0.717, 1.165) is 11.8 Å². The van der Waals surface area contributed by atoms with E-state index in [0.29, 0.717) is 22.1 Å². The van der Waals surface area contributed by atoms with Crippen molar-refractivity contribution in [2.75, 3.05) is 22.4 Å². The summed E-state index contributed by atoms with van der Waals surface area (Å²) in [7, 11) is -3.54. The van der Waals surface area contributed by atoms with Crippen LogP contribution in [-0.2, 0) is 14.8 Å². The highest BCUT2D eigenvalue weighted by molar-refractivity contribution is 7.92. The summed E-state index contributed by atoms with van der Waals surface area (Å²) in [6.07, 6.45) is 0.133. The quantitative estimate of drug-likeness (QED) is 0.888. The van der Waals surface area contributed by atoms with Crippen LogP contribution in [0.2, 0.25) is 5.02 Å². The number of benzene rings is 2.